The molecular formula is C14H15N3O4. The Morgan fingerprint density at radius 1 is 1.29 bits per heavy atom. The van der Waals surface area contributed by atoms with E-state index in [4.69, 9.17) is 4.74 Å². The Hall–Kier alpha value is -2.83. The fourth-order valence-electron chi connectivity index (χ4n) is 1.71. The molecule has 0 saturated heterocycles. The van der Waals surface area contributed by atoms with Crippen LogP contribution in [0.4, 0.5) is 5.69 Å². The lowest BCUT2D eigenvalue weighted by molar-refractivity contribution is -0.118. The lowest BCUT2D eigenvalue weighted by atomic mass is 10.1. The average molecular weight is 289 g/mol. The molecule has 0 aliphatic rings. The third kappa shape index (κ3) is 3.59. The van der Waals surface area contributed by atoms with Gasteiger partial charge in [0.25, 0.3) is 11.5 Å². The maximum Gasteiger partial charge on any atom is 0.325 e. The molecule has 1 amide bonds. The molecule has 1 aromatic heterocycles. The predicted octanol–water partition coefficient (Wildman–Crippen LogP) is 0.698. The topological polar surface area (TPSA) is 104 Å². The van der Waals surface area contributed by atoms with E-state index >= 15 is 0 Å². The molecule has 2 rings (SSSR count). The predicted molar refractivity (Wildman–Crippen MR) is 77.7 cm³/mol. The number of ether oxygens (including phenoxy) is 1. The summed E-state index contributed by atoms with van der Waals surface area (Å²) < 4.78 is 5.42. The molecule has 21 heavy (non-hydrogen) atoms. The number of anilines is 1. The van der Waals surface area contributed by atoms with Gasteiger partial charge in [0.15, 0.2) is 6.61 Å². The number of amides is 1. The standard InChI is InChI=1S/C14H15N3O4/c1-8-4-3-5-11(9(8)2)21-7-12(18)16-10-6-15-14(20)17-13(10)19/h3-6H,7H2,1-2H3,(H,16,18)(H2,15,17,19,20). The molecule has 0 aliphatic heterocycles. The van der Waals surface area contributed by atoms with E-state index in [1.807, 2.05) is 31.0 Å². The number of carbonyl (C=O) groups is 1. The van der Waals surface area contributed by atoms with E-state index in [0.717, 1.165) is 17.3 Å². The Labute approximate surface area is 120 Å². The van der Waals surface area contributed by atoms with E-state index in [0.29, 0.717) is 5.75 Å². The van der Waals surface area contributed by atoms with Crippen LogP contribution in [0, 0.1) is 13.8 Å². The zero-order valence-corrected chi connectivity index (χ0v) is 11.6. The van der Waals surface area contributed by atoms with Gasteiger partial charge in [0.05, 0.1) is 0 Å². The van der Waals surface area contributed by atoms with Gasteiger partial charge < -0.3 is 15.0 Å². The lowest BCUT2D eigenvalue weighted by Crippen LogP contribution is -2.28. The van der Waals surface area contributed by atoms with Gasteiger partial charge in [-0.2, -0.15) is 0 Å². The van der Waals surface area contributed by atoms with Crippen LogP contribution in [0.2, 0.25) is 0 Å². The Morgan fingerprint density at radius 2 is 2.05 bits per heavy atom. The monoisotopic (exact) mass is 289 g/mol. The van der Waals surface area contributed by atoms with E-state index in [2.05, 4.69) is 10.3 Å². The van der Waals surface area contributed by atoms with Gasteiger partial charge in [-0.25, -0.2) is 4.79 Å². The molecule has 1 aromatic carbocycles. The summed E-state index contributed by atoms with van der Waals surface area (Å²) in [6, 6.07) is 5.55. The van der Waals surface area contributed by atoms with Crippen molar-refractivity contribution in [3.8, 4) is 5.75 Å². The Morgan fingerprint density at radius 3 is 2.76 bits per heavy atom. The number of H-pyrrole nitrogens is 2. The van der Waals surface area contributed by atoms with Crippen molar-refractivity contribution < 1.29 is 9.53 Å². The summed E-state index contributed by atoms with van der Waals surface area (Å²) in [5, 5.41) is 2.36. The molecule has 7 heteroatoms. The summed E-state index contributed by atoms with van der Waals surface area (Å²) in [7, 11) is 0. The number of rotatable bonds is 4. The second kappa shape index (κ2) is 6.08. The highest BCUT2D eigenvalue weighted by Gasteiger charge is 2.08. The first-order valence-corrected chi connectivity index (χ1v) is 6.28. The lowest BCUT2D eigenvalue weighted by Gasteiger charge is -2.10. The Kier molecular flexibility index (Phi) is 4.22. The van der Waals surface area contributed by atoms with Gasteiger partial charge in [-0.1, -0.05) is 12.1 Å². The summed E-state index contributed by atoms with van der Waals surface area (Å²) in [5.74, 6) is 0.119. The zero-order chi connectivity index (χ0) is 15.4. The number of aromatic nitrogens is 2. The number of carbonyl (C=O) groups excluding carboxylic acids is 1. The fraction of sp³-hybridized carbons (Fsp3) is 0.214. The summed E-state index contributed by atoms with van der Waals surface area (Å²) in [5.41, 5.74) is 0.671. The van der Waals surface area contributed by atoms with Crippen molar-refractivity contribution in [1.82, 2.24) is 9.97 Å². The average Bonchev–Trinajstić information content (AvgIpc) is 2.43. The highest BCUT2D eigenvalue weighted by Crippen LogP contribution is 2.20. The molecule has 0 fully saturated rings. The van der Waals surface area contributed by atoms with E-state index in [1.165, 1.54) is 0 Å². The van der Waals surface area contributed by atoms with E-state index in [9.17, 15) is 14.4 Å². The number of aromatic amines is 2. The van der Waals surface area contributed by atoms with Crippen LogP contribution < -0.4 is 21.3 Å². The largest absolute Gasteiger partial charge is 0.483 e. The Bertz CT molecular complexity index is 776. The molecule has 7 nitrogen and oxygen atoms in total. The smallest absolute Gasteiger partial charge is 0.325 e. The van der Waals surface area contributed by atoms with E-state index in [1.54, 1.807) is 6.07 Å². The second-order valence-electron chi connectivity index (χ2n) is 4.52. The molecule has 0 bridgehead atoms. The molecule has 0 spiro atoms. The van der Waals surface area contributed by atoms with Crippen LogP contribution in [-0.4, -0.2) is 22.5 Å². The second-order valence-corrected chi connectivity index (χ2v) is 4.52. The maximum atomic E-state index is 11.7. The summed E-state index contributed by atoms with van der Waals surface area (Å²) in [4.78, 5) is 38.3. The highest BCUT2D eigenvalue weighted by molar-refractivity contribution is 5.91. The molecule has 1 heterocycles. The normalized spacial score (nSPS) is 10.2. The molecule has 3 N–H and O–H groups in total. The van der Waals surface area contributed by atoms with Crippen molar-refractivity contribution in [2.75, 3.05) is 11.9 Å². The number of hydrogen-bond acceptors (Lipinski definition) is 4. The fourth-order valence-corrected chi connectivity index (χ4v) is 1.71. The van der Waals surface area contributed by atoms with Crippen molar-refractivity contribution >= 4 is 11.6 Å². The first-order valence-electron chi connectivity index (χ1n) is 6.28. The van der Waals surface area contributed by atoms with Crippen LogP contribution in [0.25, 0.3) is 0 Å². The first kappa shape index (κ1) is 14.6. The van der Waals surface area contributed by atoms with Crippen molar-refractivity contribution in [3.05, 3.63) is 56.4 Å². The zero-order valence-electron chi connectivity index (χ0n) is 11.6. The number of hydrogen-bond donors (Lipinski definition) is 3. The van der Waals surface area contributed by atoms with Crippen molar-refractivity contribution in [2.24, 2.45) is 0 Å². The van der Waals surface area contributed by atoms with Gasteiger partial charge in [-0.15, -0.1) is 0 Å². The van der Waals surface area contributed by atoms with Gasteiger partial charge >= 0.3 is 5.69 Å². The van der Waals surface area contributed by atoms with E-state index in [-0.39, 0.29) is 12.3 Å². The van der Waals surface area contributed by atoms with Gasteiger partial charge in [-0.3, -0.25) is 14.6 Å². The van der Waals surface area contributed by atoms with Crippen molar-refractivity contribution in [2.45, 2.75) is 13.8 Å². The Balaban J connectivity index is 2.01. The maximum absolute atomic E-state index is 11.7. The van der Waals surface area contributed by atoms with Crippen molar-refractivity contribution in [3.63, 3.8) is 0 Å². The molecule has 0 radical (unpaired) electrons. The first-order chi connectivity index (χ1) is 9.97. The molecule has 0 atom stereocenters. The molecule has 110 valence electrons. The van der Waals surface area contributed by atoms with E-state index < -0.39 is 17.2 Å². The van der Waals surface area contributed by atoms with Gasteiger partial charge in [-0.05, 0) is 31.0 Å². The molecular weight excluding hydrogens is 274 g/mol. The van der Waals surface area contributed by atoms with Crippen LogP contribution in [0.15, 0.2) is 34.0 Å². The minimum atomic E-state index is -0.668. The highest BCUT2D eigenvalue weighted by atomic mass is 16.5. The quantitative estimate of drug-likeness (QED) is 0.770. The van der Waals surface area contributed by atoms with Crippen LogP contribution in [0.5, 0.6) is 5.75 Å². The third-order valence-electron chi connectivity index (χ3n) is 3.01. The third-order valence-corrected chi connectivity index (χ3v) is 3.01. The van der Waals surface area contributed by atoms with Crippen LogP contribution in [0.1, 0.15) is 11.1 Å². The molecule has 0 unspecified atom stereocenters. The van der Waals surface area contributed by atoms with Crippen molar-refractivity contribution in [1.29, 1.82) is 0 Å². The number of benzene rings is 1. The number of aryl methyl sites for hydroxylation is 1. The summed E-state index contributed by atoms with van der Waals surface area (Å²) in [6.07, 6.45) is 1.14. The minimum Gasteiger partial charge on any atom is -0.483 e. The summed E-state index contributed by atoms with van der Waals surface area (Å²) in [6.45, 7) is 3.61. The SMILES string of the molecule is Cc1cccc(OCC(=O)Nc2c[nH]c(=O)[nH]c2=O)c1C. The summed E-state index contributed by atoms with van der Waals surface area (Å²) >= 11 is 0. The van der Waals surface area contributed by atoms with Gasteiger partial charge in [0, 0.05) is 6.20 Å². The van der Waals surface area contributed by atoms with Crippen LogP contribution in [-0.2, 0) is 4.79 Å². The number of nitrogens with one attached hydrogen (secondary N) is 3. The van der Waals surface area contributed by atoms with Gasteiger partial charge in [0.2, 0.25) is 0 Å². The molecule has 2 aromatic rings. The van der Waals surface area contributed by atoms with Gasteiger partial charge in [0.1, 0.15) is 11.4 Å². The molecule has 0 aliphatic carbocycles. The minimum absolute atomic E-state index is 0.0378. The van der Waals surface area contributed by atoms with Crippen LogP contribution in [0.3, 0.4) is 0 Å². The van der Waals surface area contributed by atoms with Crippen LogP contribution >= 0.6 is 0 Å². The molecule has 0 saturated carbocycles.